The summed E-state index contributed by atoms with van der Waals surface area (Å²) in [5.74, 6) is 0.548. The van der Waals surface area contributed by atoms with Gasteiger partial charge >= 0.3 is 0 Å². The average molecular weight is 260 g/mol. The minimum Gasteiger partial charge on any atom is -0.496 e. The van der Waals surface area contributed by atoms with Crippen molar-refractivity contribution in [3.63, 3.8) is 0 Å². The summed E-state index contributed by atoms with van der Waals surface area (Å²) in [6.45, 7) is 2.05. The van der Waals surface area contributed by atoms with Crippen LogP contribution in [0.25, 0.3) is 0 Å². The van der Waals surface area contributed by atoms with Crippen molar-refractivity contribution in [2.75, 3.05) is 14.2 Å². The van der Waals surface area contributed by atoms with Crippen molar-refractivity contribution in [1.29, 1.82) is 5.26 Å². The fraction of sp³-hybridized carbons (Fsp3) is 0.467. The van der Waals surface area contributed by atoms with E-state index in [-0.39, 0.29) is 11.8 Å². The van der Waals surface area contributed by atoms with Gasteiger partial charge in [-0.05, 0) is 30.0 Å². The summed E-state index contributed by atoms with van der Waals surface area (Å²) in [7, 11) is 3.24. The van der Waals surface area contributed by atoms with Crippen LogP contribution in [0.4, 0.5) is 0 Å². The lowest BCUT2D eigenvalue weighted by Crippen LogP contribution is -2.18. The Hall–Kier alpha value is -2.02. The van der Waals surface area contributed by atoms with Crippen LogP contribution >= 0.6 is 0 Å². The van der Waals surface area contributed by atoms with Crippen LogP contribution in [0.2, 0.25) is 0 Å². The smallest absolute Gasteiger partial charge is 0.219 e. The maximum atomic E-state index is 11.2. The molecular weight excluding hydrogens is 240 g/mol. The second-order valence-electron chi connectivity index (χ2n) is 4.32. The van der Waals surface area contributed by atoms with E-state index in [0.29, 0.717) is 12.8 Å². The Kier molecular flexibility index (Phi) is 5.87. The minimum atomic E-state index is -0.256. The van der Waals surface area contributed by atoms with Crippen molar-refractivity contribution in [1.82, 2.24) is 5.32 Å². The van der Waals surface area contributed by atoms with Gasteiger partial charge in [0.15, 0.2) is 0 Å². The third-order valence-corrected chi connectivity index (χ3v) is 3.18. The van der Waals surface area contributed by atoms with Gasteiger partial charge in [-0.25, -0.2) is 0 Å². The molecule has 1 atom stereocenters. The molecule has 4 nitrogen and oxygen atoms in total. The number of nitrogens with zero attached hydrogens (tertiary/aromatic N) is 1. The average Bonchev–Trinajstić information content (AvgIpc) is 2.47. The molecule has 0 radical (unpaired) electrons. The first-order valence-corrected chi connectivity index (χ1v) is 6.43. The SMILES string of the molecule is CCc1cc(C(C#N)CCC(=O)NC)ccc1OC. The third-order valence-electron chi connectivity index (χ3n) is 3.18. The maximum Gasteiger partial charge on any atom is 0.219 e. The molecule has 0 aliphatic carbocycles. The van der Waals surface area contributed by atoms with Gasteiger partial charge in [-0.15, -0.1) is 0 Å². The number of carbonyl (C=O) groups excluding carboxylic acids is 1. The lowest BCUT2D eigenvalue weighted by molar-refractivity contribution is -0.120. The molecule has 0 saturated heterocycles. The zero-order chi connectivity index (χ0) is 14.3. The highest BCUT2D eigenvalue weighted by Gasteiger charge is 2.14. The first kappa shape index (κ1) is 15.0. The molecule has 4 heteroatoms. The number of benzene rings is 1. The monoisotopic (exact) mass is 260 g/mol. The third kappa shape index (κ3) is 3.99. The highest BCUT2D eigenvalue weighted by atomic mass is 16.5. The molecule has 0 bridgehead atoms. The van der Waals surface area contributed by atoms with E-state index >= 15 is 0 Å². The van der Waals surface area contributed by atoms with Crippen LogP contribution in [0.15, 0.2) is 18.2 Å². The summed E-state index contributed by atoms with van der Waals surface area (Å²) in [6.07, 6.45) is 1.75. The van der Waals surface area contributed by atoms with E-state index in [0.717, 1.165) is 23.3 Å². The van der Waals surface area contributed by atoms with E-state index < -0.39 is 0 Å². The van der Waals surface area contributed by atoms with Gasteiger partial charge in [0.05, 0.1) is 19.1 Å². The van der Waals surface area contributed by atoms with E-state index in [9.17, 15) is 10.1 Å². The number of nitrogens with one attached hydrogen (secondary N) is 1. The van der Waals surface area contributed by atoms with Gasteiger partial charge < -0.3 is 10.1 Å². The molecule has 1 N–H and O–H groups in total. The number of hydrogen-bond donors (Lipinski definition) is 1. The molecule has 1 aromatic rings. The van der Waals surface area contributed by atoms with Gasteiger partial charge in [-0.2, -0.15) is 5.26 Å². The van der Waals surface area contributed by atoms with Crippen LogP contribution in [0, 0.1) is 11.3 Å². The summed E-state index contributed by atoms with van der Waals surface area (Å²) in [5, 5.41) is 11.8. The molecule has 0 spiro atoms. The molecule has 0 fully saturated rings. The number of rotatable bonds is 6. The quantitative estimate of drug-likeness (QED) is 0.854. The number of aryl methyl sites for hydroxylation is 1. The number of hydrogen-bond acceptors (Lipinski definition) is 3. The molecule has 19 heavy (non-hydrogen) atoms. The van der Waals surface area contributed by atoms with Crippen LogP contribution in [0.1, 0.15) is 36.8 Å². The molecule has 1 aromatic carbocycles. The Morgan fingerprint density at radius 2 is 2.26 bits per heavy atom. The Morgan fingerprint density at radius 1 is 1.53 bits per heavy atom. The predicted molar refractivity (Wildman–Crippen MR) is 74.0 cm³/mol. The van der Waals surface area contributed by atoms with Crippen LogP contribution in [0.3, 0.4) is 0 Å². The first-order valence-electron chi connectivity index (χ1n) is 6.43. The van der Waals surface area contributed by atoms with E-state index in [1.54, 1.807) is 14.2 Å². The van der Waals surface area contributed by atoms with E-state index in [1.807, 2.05) is 25.1 Å². The lowest BCUT2D eigenvalue weighted by atomic mass is 9.93. The van der Waals surface area contributed by atoms with Gasteiger partial charge in [-0.3, -0.25) is 4.79 Å². The molecule has 1 unspecified atom stereocenters. The second kappa shape index (κ2) is 7.42. The molecular formula is C15H20N2O2. The molecule has 0 aliphatic rings. The zero-order valence-corrected chi connectivity index (χ0v) is 11.7. The number of carbonyl (C=O) groups is 1. The fourth-order valence-electron chi connectivity index (χ4n) is 2.00. The number of nitriles is 1. The Bertz CT molecular complexity index is 478. The largest absolute Gasteiger partial charge is 0.496 e. The van der Waals surface area contributed by atoms with Crippen LogP contribution in [0.5, 0.6) is 5.75 Å². The van der Waals surface area contributed by atoms with Crippen molar-refractivity contribution >= 4 is 5.91 Å². The van der Waals surface area contributed by atoms with Crippen molar-refractivity contribution < 1.29 is 9.53 Å². The first-order chi connectivity index (χ1) is 9.15. The normalized spacial score (nSPS) is 11.5. The summed E-state index contributed by atoms with van der Waals surface area (Å²) >= 11 is 0. The topological polar surface area (TPSA) is 62.1 Å². The van der Waals surface area contributed by atoms with Crippen molar-refractivity contribution in [2.24, 2.45) is 0 Å². The maximum absolute atomic E-state index is 11.2. The van der Waals surface area contributed by atoms with E-state index in [4.69, 9.17) is 4.74 Å². The van der Waals surface area contributed by atoms with Crippen LogP contribution in [-0.2, 0) is 11.2 Å². The highest BCUT2D eigenvalue weighted by Crippen LogP contribution is 2.27. The molecule has 1 rings (SSSR count). The number of amides is 1. The van der Waals surface area contributed by atoms with E-state index in [2.05, 4.69) is 11.4 Å². The van der Waals surface area contributed by atoms with Gasteiger partial charge in [-0.1, -0.05) is 19.1 Å². The van der Waals surface area contributed by atoms with E-state index in [1.165, 1.54) is 0 Å². The standard InChI is InChI=1S/C15H20N2O2/c1-4-11-9-12(5-7-14(11)19-3)13(10-16)6-8-15(18)17-2/h5,7,9,13H,4,6,8H2,1-3H3,(H,17,18). The summed E-state index contributed by atoms with van der Waals surface area (Å²) in [4.78, 5) is 11.2. The Morgan fingerprint density at radius 3 is 2.79 bits per heavy atom. The molecule has 0 heterocycles. The van der Waals surface area contributed by atoms with Gasteiger partial charge in [0.2, 0.25) is 5.91 Å². The highest BCUT2D eigenvalue weighted by molar-refractivity contribution is 5.75. The molecule has 0 saturated carbocycles. The Labute approximate surface area is 114 Å². The Balaban J connectivity index is 2.87. The van der Waals surface area contributed by atoms with Crippen LogP contribution in [-0.4, -0.2) is 20.1 Å². The predicted octanol–water partition coefficient (Wildman–Crippen LogP) is 2.39. The number of ether oxygens (including phenoxy) is 1. The lowest BCUT2D eigenvalue weighted by Gasteiger charge is -2.13. The fourth-order valence-corrected chi connectivity index (χ4v) is 2.00. The molecule has 1 amide bonds. The summed E-state index contributed by atoms with van der Waals surface area (Å²) in [6, 6.07) is 8.05. The van der Waals surface area contributed by atoms with Gasteiger partial charge in [0.25, 0.3) is 0 Å². The summed E-state index contributed by atoms with van der Waals surface area (Å²) in [5.41, 5.74) is 2.03. The van der Waals surface area contributed by atoms with Crippen molar-refractivity contribution in [2.45, 2.75) is 32.1 Å². The van der Waals surface area contributed by atoms with Gasteiger partial charge in [0.1, 0.15) is 5.75 Å². The number of methoxy groups -OCH3 is 1. The molecule has 0 aliphatic heterocycles. The van der Waals surface area contributed by atoms with Gasteiger partial charge in [0, 0.05) is 13.5 Å². The molecule has 102 valence electrons. The molecule has 0 aromatic heterocycles. The minimum absolute atomic E-state index is 0.0375. The summed E-state index contributed by atoms with van der Waals surface area (Å²) < 4.78 is 5.27. The second-order valence-corrected chi connectivity index (χ2v) is 4.32. The van der Waals surface area contributed by atoms with Crippen molar-refractivity contribution in [3.05, 3.63) is 29.3 Å². The van der Waals surface area contributed by atoms with Crippen LogP contribution < -0.4 is 10.1 Å². The van der Waals surface area contributed by atoms with Crippen molar-refractivity contribution in [3.8, 4) is 11.8 Å². The zero-order valence-electron chi connectivity index (χ0n) is 11.7.